The van der Waals surface area contributed by atoms with Gasteiger partial charge in [-0.15, -0.1) is 4.83 Å². The Morgan fingerprint density at radius 3 is 2.31 bits per heavy atom. The van der Waals surface area contributed by atoms with Gasteiger partial charge in [-0.3, -0.25) is 9.80 Å². The first-order valence-corrected chi connectivity index (χ1v) is 9.46. The molecule has 9 heteroatoms. The lowest BCUT2D eigenvalue weighted by atomic mass is 10.1. The van der Waals surface area contributed by atoms with Crippen LogP contribution in [0.4, 0.5) is 13.2 Å². The van der Waals surface area contributed by atoms with Gasteiger partial charge in [0.1, 0.15) is 0 Å². The first-order valence-electron chi connectivity index (χ1n) is 7.57. The number of hydrogen-bond donors (Lipinski definition) is 1. The average molecular weight is 386 g/mol. The second-order valence-corrected chi connectivity index (χ2v) is 7.36. The summed E-state index contributed by atoms with van der Waals surface area (Å²) in [5.41, 5.74) is -0.208. The summed E-state index contributed by atoms with van der Waals surface area (Å²) < 4.78 is 61.4. The molecule has 0 saturated carbocycles. The molecule has 26 heavy (non-hydrogen) atoms. The van der Waals surface area contributed by atoms with E-state index in [1.54, 1.807) is 18.2 Å². The fourth-order valence-corrected chi connectivity index (χ4v) is 2.84. The Hall–Kier alpha value is -2.39. The average Bonchev–Trinajstić information content (AvgIpc) is 2.57. The van der Waals surface area contributed by atoms with Gasteiger partial charge in [-0.05, 0) is 30.2 Å². The number of sulfonamides is 1. The van der Waals surface area contributed by atoms with Gasteiger partial charge in [-0.1, -0.05) is 36.4 Å². The number of hydrogen-bond acceptors (Lipinski definition) is 3. The van der Waals surface area contributed by atoms with Gasteiger partial charge in [0.05, 0.1) is 11.8 Å². The fourth-order valence-electron chi connectivity index (χ4n) is 2.27. The fraction of sp³-hybridized carbons (Fsp3) is 0.235. The number of benzene rings is 2. The van der Waals surface area contributed by atoms with Crippen LogP contribution in [-0.2, 0) is 22.6 Å². The van der Waals surface area contributed by atoms with E-state index in [1.807, 2.05) is 0 Å². The quantitative estimate of drug-likeness (QED) is 0.777. The molecular formula is C17H17F3N2O3S. The van der Waals surface area contributed by atoms with E-state index in [0.717, 1.165) is 23.4 Å². The molecule has 0 aliphatic carbocycles. The zero-order chi connectivity index (χ0) is 19.4. The highest BCUT2D eigenvalue weighted by Gasteiger charge is 2.30. The maximum absolute atomic E-state index is 12.8. The Morgan fingerprint density at radius 2 is 1.73 bits per heavy atom. The molecule has 1 N–H and O–H groups in total. The molecule has 2 aromatic carbocycles. The van der Waals surface area contributed by atoms with Gasteiger partial charge in [0.2, 0.25) is 10.0 Å². The molecule has 0 atom stereocenters. The predicted octanol–water partition coefficient (Wildman–Crippen LogP) is 2.85. The number of nitrogens with one attached hydrogen (secondary N) is 1. The van der Waals surface area contributed by atoms with E-state index in [2.05, 4.69) is 4.83 Å². The molecule has 0 heterocycles. The number of carbonyl (C=O) groups is 1. The van der Waals surface area contributed by atoms with E-state index in [1.165, 1.54) is 24.3 Å². The maximum Gasteiger partial charge on any atom is 0.416 e. The summed E-state index contributed by atoms with van der Waals surface area (Å²) in [6.07, 6.45) is -3.53. The topological polar surface area (TPSA) is 66.5 Å². The van der Waals surface area contributed by atoms with Gasteiger partial charge in [-0.2, -0.15) is 13.2 Å². The first-order chi connectivity index (χ1) is 12.1. The Bertz CT molecular complexity index is 868. The predicted molar refractivity (Wildman–Crippen MR) is 90.6 cm³/mol. The lowest BCUT2D eigenvalue weighted by Crippen LogP contribution is -2.46. The van der Waals surface area contributed by atoms with Crippen molar-refractivity contribution in [2.45, 2.75) is 12.6 Å². The van der Waals surface area contributed by atoms with Crippen LogP contribution in [0.1, 0.15) is 21.5 Å². The molecule has 1 amide bonds. The molecule has 0 aliphatic rings. The molecule has 0 radical (unpaired) electrons. The van der Waals surface area contributed by atoms with Crippen molar-refractivity contribution >= 4 is 15.9 Å². The highest BCUT2D eigenvalue weighted by Crippen LogP contribution is 2.29. The lowest BCUT2D eigenvalue weighted by Gasteiger charge is -2.22. The molecule has 140 valence electrons. The van der Waals surface area contributed by atoms with Crippen molar-refractivity contribution < 1.29 is 26.4 Å². The normalized spacial score (nSPS) is 12.0. The van der Waals surface area contributed by atoms with Crippen LogP contribution in [0.15, 0.2) is 54.6 Å². The highest BCUT2D eigenvalue weighted by atomic mass is 32.2. The Morgan fingerprint density at radius 1 is 1.08 bits per heavy atom. The monoisotopic (exact) mass is 386 g/mol. The summed E-state index contributed by atoms with van der Waals surface area (Å²) in [6.45, 7) is -0.123. The number of carbonyl (C=O) groups excluding carboxylic acids is 1. The summed E-state index contributed by atoms with van der Waals surface area (Å²) in [7, 11) is -3.74. The molecule has 2 rings (SSSR count). The van der Waals surface area contributed by atoms with Crippen LogP contribution in [0.25, 0.3) is 0 Å². The third-order valence-corrected chi connectivity index (χ3v) is 3.97. The van der Waals surface area contributed by atoms with Crippen molar-refractivity contribution in [2.75, 3.05) is 12.8 Å². The number of alkyl halides is 3. The molecule has 0 aliphatic heterocycles. The first kappa shape index (κ1) is 19.9. The van der Waals surface area contributed by atoms with Crippen LogP contribution >= 0.6 is 0 Å². The van der Waals surface area contributed by atoms with Crippen LogP contribution in [-0.4, -0.2) is 32.1 Å². The van der Waals surface area contributed by atoms with Gasteiger partial charge in [0, 0.05) is 12.1 Å². The summed E-state index contributed by atoms with van der Waals surface area (Å²) in [4.78, 5) is 14.6. The Balaban J connectivity index is 2.19. The van der Waals surface area contributed by atoms with Gasteiger partial charge < -0.3 is 0 Å². The maximum atomic E-state index is 12.8. The minimum Gasteiger partial charge on any atom is -0.268 e. The minimum absolute atomic E-state index is 0.0466. The largest absolute Gasteiger partial charge is 0.416 e. The van der Waals surface area contributed by atoms with Crippen molar-refractivity contribution in [3.05, 3.63) is 71.3 Å². The molecular weight excluding hydrogens is 369 g/mol. The van der Waals surface area contributed by atoms with Gasteiger partial charge >= 0.3 is 6.18 Å². The molecule has 0 spiro atoms. The molecule has 0 saturated heterocycles. The van der Waals surface area contributed by atoms with E-state index < -0.39 is 27.7 Å². The summed E-state index contributed by atoms with van der Waals surface area (Å²) in [5.74, 6) is -0.594. The molecule has 5 nitrogen and oxygen atoms in total. The number of nitrogens with zero attached hydrogens (tertiary/aromatic N) is 1. The van der Waals surface area contributed by atoms with Gasteiger partial charge in [0.25, 0.3) is 5.91 Å². The summed E-state index contributed by atoms with van der Waals surface area (Å²) >= 11 is 0. The molecule has 0 fully saturated rings. The van der Waals surface area contributed by atoms with Gasteiger partial charge in [0.15, 0.2) is 0 Å². The highest BCUT2D eigenvalue weighted by molar-refractivity contribution is 7.88. The summed E-state index contributed by atoms with van der Waals surface area (Å²) in [6, 6.07) is 12.7. The molecule has 0 bridgehead atoms. The third kappa shape index (κ3) is 5.85. The SMILES string of the molecule is CS(=O)(=O)NN(CCc1cccc(C(F)(F)F)c1)C(=O)c1ccccc1. The number of halogens is 3. The Labute approximate surface area is 149 Å². The van der Waals surface area contributed by atoms with E-state index in [4.69, 9.17) is 0 Å². The van der Waals surface area contributed by atoms with Crippen molar-refractivity contribution in [1.29, 1.82) is 0 Å². The Kier molecular flexibility index (Phi) is 6.04. The number of rotatable bonds is 6. The molecule has 0 aromatic heterocycles. The zero-order valence-electron chi connectivity index (χ0n) is 13.8. The van der Waals surface area contributed by atoms with Crippen LogP contribution in [0.3, 0.4) is 0 Å². The summed E-state index contributed by atoms with van der Waals surface area (Å²) in [5, 5.41) is 0.880. The number of amides is 1. The smallest absolute Gasteiger partial charge is 0.268 e. The van der Waals surface area contributed by atoms with Crippen molar-refractivity contribution in [2.24, 2.45) is 0 Å². The zero-order valence-corrected chi connectivity index (χ0v) is 14.6. The van der Waals surface area contributed by atoms with E-state index >= 15 is 0 Å². The second kappa shape index (κ2) is 7.88. The molecule has 0 unspecified atom stereocenters. The van der Waals surface area contributed by atoms with Crippen LogP contribution in [0.2, 0.25) is 0 Å². The van der Waals surface area contributed by atoms with Crippen LogP contribution in [0.5, 0.6) is 0 Å². The standard InChI is InChI=1S/C17H17F3N2O3S/c1-26(24,25)21-22(16(23)14-7-3-2-4-8-14)11-10-13-6-5-9-15(12-13)17(18,19)20/h2-9,12,21H,10-11H2,1H3. The second-order valence-electron chi connectivity index (χ2n) is 5.63. The molecule has 2 aromatic rings. The van der Waals surface area contributed by atoms with E-state index in [0.29, 0.717) is 5.56 Å². The van der Waals surface area contributed by atoms with E-state index in [-0.39, 0.29) is 18.5 Å². The van der Waals surface area contributed by atoms with Crippen molar-refractivity contribution in [1.82, 2.24) is 9.84 Å². The van der Waals surface area contributed by atoms with Crippen LogP contribution in [0, 0.1) is 0 Å². The lowest BCUT2D eigenvalue weighted by molar-refractivity contribution is -0.137. The third-order valence-electron chi connectivity index (χ3n) is 3.42. The van der Waals surface area contributed by atoms with Gasteiger partial charge in [-0.25, -0.2) is 8.42 Å². The van der Waals surface area contributed by atoms with Crippen LogP contribution < -0.4 is 4.83 Å². The minimum atomic E-state index is -4.47. The van der Waals surface area contributed by atoms with E-state index in [9.17, 15) is 26.4 Å². The van der Waals surface area contributed by atoms with Crippen molar-refractivity contribution in [3.63, 3.8) is 0 Å². The number of hydrazine groups is 1. The van der Waals surface area contributed by atoms with Crippen molar-refractivity contribution in [3.8, 4) is 0 Å².